The molecular weight excluding hydrogens is 377 g/mol. The molecule has 0 heterocycles. The van der Waals surface area contributed by atoms with E-state index < -0.39 is 16.0 Å². The van der Waals surface area contributed by atoms with Gasteiger partial charge in [-0.25, -0.2) is 13.2 Å². The molecule has 0 aliphatic carbocycles. The highest BCUT2D eigenvalue weighted by Crippen LogP contribution is 2.30. The number of hydrogen-bond donors (Lipinski definition) is 1. The lowest BCUT2D eigenvalue weighted by Crippen LogP contribution is -2.14. The van der Waals surface area contributed by atoms with Crippen LogP contribution in [0.5, 0.6) is 5.75 Å². The van der Waals surface area contributed by atoms with Gasteiger partial charge < -0.3 is 9.47 Å². The summed E-state index contributed by atoms with van der Waals surface area (Å²) >= 11 is 11.9. The number of esters is 1. The number of sulfonamides is 1. The molecule has 128 valence electrons. The van der Waals surface area contributed by atoms with E-state index in [0.717, 1.165) is 6.07 Å². The molecule has 0 unspecified atom stereocenters. The van der Waals surface area contributed by atoms with Gasteiger partial charge in [0.2, 0.25) is 0 Å². The molecule has 1 N–H and O–H groups in total. The van der Waals surface area contributed by atoms with E-state index in [1.165, 1.54) is 44.6 Å². The van der Waals surface area contributed by atoms with Gasteiger partial charge in [0.05, 0.1) is 35.5 Å². The topological polar surface area (TPSA) is 81.7 Å². The molecule has 0 atom stereocenters. The predicted molar refractivity (Wildman–Crippen MR) is 91.6 cm³/mol. The Labute approximate surface area is 149 Å². The molecule has 2 rings (SSSR count). The molecule has 0 fully saturated rings. The molecule has 0 amide bonds. The lowest BCUT2D eigenvalue weighted by atomic mass is 10.2. The van der Waals surface area contributed by atoms with E-state index in [2.05, 4.69) is 9.46 Å². The first-order valence-electron chi connectivity index (χ1n) is 6.52. The van der Waals surface area contributed by atoms with E-state index in [1.807, 2.05) is 0 Å². The minimum Gasteiger partial charge on any atom is -0.495 e. The number of methoxy groups -OCH3 is 2. The van der Waals surface area contributed by atoms with E-state index >= 15 is 0 Å². The van der Waals surface area contributed by atoms with Crippen LogP contribution in [-0.4, -0.2) is 28.6 Å². The Bertz CT molecular complexity index is 883. The summed E-state index contributed by atoms with van der Waals surface area (Å²) in [4.78, 5) is 11.3. The summed E-state index contributed by atoms with van der Waals surface area (Å²) in [7, 11) is -1.39. The summed E-state index contributed by atoms with van der Waals surface area (Å²) in [5, 5.41) is 0.210. The van der Waals surface area contributed by atoms with Crippen molar-refractivity contribution in [3.05, 3.63) is 52.0 Å². The molecule has 2 aromatic carbocycles. The highest BCUT2D eigenvalue weighted by atomic mass is 35.5. The number of carbonyl (C=O) groups excluding carboxylic acids is 1. The van der Waals surface area contributed by atoms with Crippen LogP contribution >= 0.6 is 23.2 Å². The Hall–Kier alpha value is -1.96. The van der Waals surface area contributed by atoms with Crippen molar-refractivity contribution in [2.24, 2.45) is 0 Å². The van der Waals surface area contributed by atoms with Gasteiger partial charge in [0.25, 0.3) is 10.0 Å². The van der Waals surface area contributed by atoms with Gasteiger partial charge in [0.1, 0.15) is 10.6 Å². The van der Waals surface area contributed by atoms with Crippen LogP contribution in [-0.2, 0) is 14.8 Å². The Balaban J connectivity index is 2.40. The van der Waals surface area contributed by atoms with Crippen molar-refractivity contribution in [2.75, 3.05) is 18.9 Å². The maximum Gasteiger partial charge on any atom is 0.337 e. The first-order chi connectivity index (χ1) is 11.3. The maximum atomic E-state index is 12.5. The molecule has 0 aromatic heterocycles. The summed E-state index contributed by atoms with van der Waals surface area (Å²) in [6.07, 6.45) is 0. The van der Waals surface area contributed by atoms with Crippen LogP contribution in [0.3, 0.4) is 0 Å². The molecule has 2 aromatic rings. The van der Waals surface area contributed by atoms with Crippen molar-refractivity contribution in [2.45, 2.75) is 4.90 Å². The fraction of sp³-hybridized carbons (Fsp3) is 0.133. The highest BCUT2D eigenvalue weighted by molar-refractivity contribution is 7.92. The van der Waals surface area contributed by atoms with Crippen LogP contribution in [0.4, 0.5) is 5.69 Å². The number of benzene rings is 2. The van der Waals surface area contributed by atoms with Gasteiger partial charge in [-0.2, -0.15) is 0 Å². The van der Waals surface area contributed by atoms with Gasteiger partial charge in [-0.15, -0.1) is 0 Å². The molecular formula is C15H13Cl2NO5S. The largest absolute Gasteiger partial charge is 0.495 e. The van der Waals surface area contributed by atoms with Crippen LogP contribution in [0.25, 0.3) is 0 Å². The molecule has 24 heavy (non-hydrogen) atoms. The van der Waals surface area contributed by atoms with Crippen LogP contribution in [0, 0.1) is 0 Å². The minimum absolute atomic E-state index is 0.0326. The molecule has 9 heteroatoms. The van der Waals surface area contributed by atoms with Gasteiger partial charge in [-0.1, -0.05) is 23.2 Å². The Morgan fingerprint density at radius 3 is 2.33 bits per heavy atom. The van der Waals surface area contributed by atoms with Crippen molar-refractivity contribution >= 4 is 44.9 Å². The third-order valence-electron chi connectivity index (χ3n) is 3.05. The quantitative estimate of drug-likeness (QED) is 0.790. The van der Waals surface area contributed by atoms with Gasteiger partial charge in [-0.3, -0.25) is 4.72 Å². The average Bonchev–Trinajstić information content (AvgIpc) is 2.54. The molecule has 0 bridgehead atoms. The fourth-order valence-corrected chi connectivity index (χ4v) is 3.73. The molecule has 0 aliphatic rings. The second-order valence-electron chi connectivity index (χ2n) is 4.59. The van der Waals surface area contributed by atoms with E-state index in [-0.39, 0.29) is 26.2 Å². The minimum atomic E-state index is -4.03. The van der Waals surface area contributed by atoms with Crippen LogP contribution < -0.4 is 9.46 Å². The van der Waals surface area contributed by atoms with Gasteiger partial charge in [0.15, 0.2) is 0 Å². The standard InChI is InChI=1S/C15H13Cl2NO5S/c1-22-13-6-4-10(8-12(13)17)18-24(20,21)14-7-9(15(19)23-2)3-5-11(14)16/h3-8,18H,1-2H3. The third kappa shape index (κ3) is 3.92. The fourth-order valence-electron chi connectivity index (χ4n) is 1.89. The zero-order valence-corrected chi connectivity index (χ0v) is 15.0. The zero-order valence-electron chi connectivity index (χ0n) is 12.7. The summed E-state index contributed by atoms with van der Waals surface area (Å²) in [5.74, 6) is -0.263. The number of rotatable bonds is 5. The van der Waals surface area contributed by atoms with Crippen molar-refractivity contribution in [1.29, 1.82) is 0 Å². The molecule has 0 radical (unpaired) electrons. The lowest BCUT2D eigenvalue weighted by Gasteiger charge is -2.12. The van der Waals surface area contributed by atoms with Gasteiger partial charge in [0, 0.05) is 0 Å². The SMILES string of the molecule is COC(=O)c1ccc(Cl)c(S(=O)(=O)Nc2ccc(OC)c(Cl)c2)c1. The number of nitrogens with one attached hydrogen (secondary N) is 1. The monoisotopic (exact) mass is 389 g/mol. The van der Waals surface area contributed by atoms with Gasteiger partial charge in [-0.05, 0) is 36.4 Å². The molecule has 0 saturated carbocycles. The summed E-state index contributed by atoms with van der Waals surface area (Å²) < 4.78 is 37.0. The Kier molecular flexibility index (Phi) is 5.58. The summed E-state index contributed by atoms with van der Waals surface area (Å²) in [6, 6.07) is 8.23. The van der Waals surface area contributed by atoms with Crippen LogP contribution in [0.1, 0.15) is 10.4 Å². The lowest BCUT2D eigenvalue weighted by molar-refractivity contribution is 0.0600. The molecule has 0 aliphatic heterocycles. The second-order valence-corrected chi connectivity index (χ2v) is 7.06. The molecule has 0 saturated heterocycles. The Morgan fingerprint density at radius 2 is 1.75 bits per heavy atom. The van der Waals surface area contributed by atoms with Gasteiger partial charge >= 0.3 is 5.97 Å². The van der Waals surface area contributed by atoms with E-state index in [0.29, 0.717) is 5.75 Å². The predicted octanol–water partition coefficient (Wildman–Crippen LogP) is 3.59. The van der Waals surface area contributed by atoms with Crippen LogP contribution in [0.15, 0.2) is 41.3 Å². The van der Waals surface area contributed by atoms with Crippen molar-refractivity contribution in [1.82, 2.24) is 0 Å². The number of carbonyl (C=O) groups is 1. The number of halogens is 2. The van der Waals surface area contributed by atoms with Crippen molar-refractivity contribution in [3.63, 3.8) is 0 Å². The smallest absolute Gasteiger partial charge is 0.337 e. The van der Waals surface area contributed by atoms with Crippen molar-refractivity contribution in [3.8, 4) is 5.75 Å². The molecule has 0 spiro atoms. The van der Waals surface area contributed by atoms with E-state index in [9.17, 15) is 13.2 Å². The first-order valence-corrected chi connectivity index (χ1v) is 8.76. The van der Waals surface area contributed by atoms with E-state index in [4.69, 9.17) is 27.9 Å². The van der Waals surface area contributed by atoms with Crippen molar-refractivity contribution < 1.29 is 22.7 Å². The number of hydrogen-bond acceptors (Lipinski definition) is 5. The Morgan fingerprint density at radius 1 is 1.04 bits per heavy atom. The van der Waals surface area contributed by atoms with Crippen LogP contribution in [0.2, 0.25) is 10.0 Å². The average molecular weight is 390 g/mol. The first kappa shape index (κ1) is 18.4. The highest BCUT2D eigenvalue weighted by Gasteiger charge is 2.21. The maximum absolute atomic E-state index is 12.5. The van der Waals surface area contributed by atoms with E-state index in [1.54, 1.807) is 0 Å². The normalized spacial score (nSPS) is 11.0. The summed E-state index contributed by atoms with van der Waals surface area (Å²) in [6.45, 7) is 0. The number of ether oxygens (including phenoxy) is 2. The molecule has 6 nitrogen and oxygen atoms in total. The second kappa shape index (κ2) is 7.29. The third-order valence-corrected chi connectivity index (χ3v) is 5.20. The number of anilines is 1. The zero-order chi connectivity index (χ0) is 17.9. The summed E-state index contributed by atoms with van der Waals surface area (Å²) in [5.41, 5.74) is 0.287.